The summed E-state index contributed by atoms with van der Waals surface area (Å²) in [6.45, 7) is 5.72. The highest BCUT2D eigenvalue weighted by molar-refractivity contribution is 5.32. The smallest absolute Gasteiger partial charge is 0.129 e. The van der Waals surface area contributed by atoms with Gasteiger partial charge in [-0.15, -0.1) is 0 Å². The lowest BCUT2D eigenvalue weighted by Gasteiger charge is -2.05. The van der Waals surface area contributed by atoms with Crippen molar-refractivity contribution in [2.45, 2.75) is 27.2 Å². The molecule has 0 N–H and O–H groups in total. The average molecular weight is 152 g/mol. The Labute approximate surface area is 67.1 Å². The predicted molar refractivity (Wildman–Crippen MR) is 45.3 cm³/mol. The Morgan fingerprint density at radius 1 is 1.18 bits per heavy atom. The number of aryl methyl sites for hydroxylation is 2. The Morgan fingerprint density at radius 2 is 1.73 bits per heavy atom. The van der Waals surface area contributed by atoms with Gasteiger partial charge in [-0.1, -0.05) is 19.1 Å². The van der Waals surface area contributed by atoms with Crippen LogP contribution in [0.25, 0.3) is 0 Å². The van der Waals surface area contributed by atoms with Crippen molar-refractivity contribution in [3.63, 3.8) is 0 Å². The molecule has 0 unspecified atom stereocenters. The van der Waals surface area contributed by atoms with E-state index in [0.717, 1.165) is 23.1 Å². The molecule has 0 spiro atoms. The van der Waals surface area contributed by atoms with Crippen LogP contribution in [0.2, 0.25) is 0 Å². The van der Waals surface area contributed by atoms with E-state index in [1.54, 1.807) is 6.92 Å². The minimum Gasteiger partial charge on any atom is -0.206 e. The summed E-state index contributed by atoms with van der Waals surface area (Å²) in [5.41, 5.74) is 2.65. The molecule has 1 heteroatoms. The second-order valence-electron chi connectivity index (χ2n) is 2.85. The van der Waals surface area contributed by atoms with Gasteiger partial charge in [-0.25, -0.2) is 4.39 Å². The van der Waals surface area contributed by atoms with Gasteiger partial charge in [-0.05, 0) is 37.0 Å². The molecule has 11 heavy (non-hydrogen) atoms. The lowest BCUT2D eigenvalue weighted by Crippen LogP contribution is -1.94. The van der Waals surface area contributed by atoms with Crippen LogP contribution in [0, 0.1) is 19.7 Å². The maximum Gasteiger partial charge on any atom is 0.129 e. The molecule has 60 valence electrons. The molecule has 0 bridgehead atoms. The molecule has 0 fully saturated rings. The van der Waals surface area contributed by atoms with E-state index in [9.17, 15) is 4.39 Å². The van der Waals surface area contributed by atoms with Crippen molar-refractivity contribution < 1.29 is 4.39 Å². The first-order valence-corrected chi connectivity index (χ1v) is 3.91. The molecule has 0 nitrogen and oxygen atoms in total. The van der Waals surface area contributed by atoms with Gasteiger partial charge in [0.25, 0.3) is 0 Å². The molecule has 0 radical (unpaired) electrons. The van der Waals surface area contributed by atoms with E-state index >= 15 is 0 Å². The molecule has 0 aliphatic heterocycles. The zero-order valence-electron chi connectivity index (χ0n) is 7.24. The van der Waals surface area contributed by atoms with Gasteiger partial charge >= 0.3 is 0 Å². The Morgan fingerprint density at radius 3 is 2.18 bits per heavy atom. The van der Waals surface area contributed by atoms with Gasteiger partial charge in [-0.2, -0.15) is 0 Å². The van der Waals surface area contributed by atoms with Crippen LogP contribution in [0.3, 0.4) is 0 Å². The van der Waals surface area contributed by atoms with Crippen LogP contribution in [0.15, 0.2) is 12.1 Å². The fourth-order valence-corrected chi connectivity index (χ4v) is 1.27. The fourth-order valence-electron chi connectivity index (χ4n) is 1.27. The highest BCUT2D eigenvalue weighted by Gasteiger charge is 2.05. The molecule has 0 saturated heterocycles. The summed E-state index contributed by atoms with van der Waals surface area (Å²) in [7, 11) is 0. The third-order valence-corrected chi connectivity index (χ3v) is 2.02. The summed E-state index contributed by atoms with van der Waals surface area (Å²) in [6.07, 6.45) is 0.777. The minimum atomic E-state index is -0.0347. The third-order valence-electron chi connectivity index (χ3n) is 2.02. The first-order valence-electron chi connectivity index (χ1n) is 3.91. The van der Waals surface area contributed by atoms with Crippen molar-refractivity contribution in [2.24, 2.45) is 0 Å². The average Bonchev–Trinajstić information content (AvgIpc) is 1.99. The summed E-state index contributed by atoms with van der Waals surface area (Å²) in [4.78, 5) is 0. The van der Waals surface area contributed by atoms with Gasteiger partial charge in [-0.3, -0.25) is 0 Å². The molecular formula is C10H13F. The highest BCUT2D eigenvalue weighted by Crippen LogP contribution is 2.16. The quantitative estimate of drug-likeness (QED) is 0.580. The van der Waals surface area contributed by atoms with Gasteiger partial charge in [0.05, 0.1) is 0 Å². The third kappa shape index (κ3) is 1.42. The molecule has 0 heterocycles. The zero-order valence-corrected chi connectivity index (χ0v) is 7.24. The topological polar surface area (TPSA) is 0 Å². The molecular weight excluding hydrogens is 139 g/mol. The van der Waals surface area contributed by atoms with E-state index in [2.05, 4.69) is 0 Å². The van der Waals surface area contributed by atoms with E-state index in [-0.39, 0.29) is 5.82 Å². The highest BCUT2D eigenvalue weighted by atomic mass is 19.1. The molecule has 0 aliphatic rings. The lowest BCUT2D eigenvalue weighted by molar-refractivity contribution is 0.601. The lowest BCUT2D eigenvalue weighted by atomic mass is 10.0. The molecule has 0 saturated carbocycles. The Kier molecular flexibility index (Phi) is 2.28. The molecule has 1 rings (SSSR count). The molecule has 0 amide bonds. The van der Waals surface area contributed by atoms with Crippen molar-refractivity contribution in [3.05, 3.63) is 34.6 Å². The molecule has 0 aliphatic carbocycles. The summed E-state index contributed by atoms with van der Waals surface area (Å²) < 4.78 is 13.3. The Balaban J connectivity index is 3.29. The summed E-state index contributed by atoms with van der Waals surface area (Å²) >= 11 is 0. The van der Waals surface area contributed by atoms with Crippen LogP contribution in [-0.2, 0) is 6.42 Å². The molecule has 0 aromatic heterocycles. The summed E-state index contributed by atoms with van der Waals surface area (Å²) in [5.74, 6) is -0.0347. The first-order chi connectivity index (χ1) is 5.16. The first kappa shape index (κ1) is 8.25. The van der Waals surface area contributed by atoms with Gasteiger partial charge in [0.15, 0.2) is 0 Å². The normalized spacial score (nSPS) is 10.2. The SMILES string of the molecule is CCc1c(C)ccc(C)c1F. The minimum absolute atomic E-state index is 0.0347. The van der Waals surface area contributed by atoms with Crippen molar-refractivity contribution >= 4 is 0 Å². The second-order valence-corrected chi connectivity index (χ2v) is 2.85. The monoisotopic (exact) mass is 152 g/mol. The number of hydrogen-bond donors (Lipinski definition) is 0. The van der Waals surface area contributed by atoms with Crippen molar-refractivity contribution in [1.82, 2.24) is 0 Å². The van der Waals surface area contributed by atoms with Gasteiger partial charge in [0, 0.05) is 0 Å². The van der Waals surface area contributed by atoms with Crippen LogP contribution in [0.1, 0.15) is 23.6 Å². The van der Waals surface area contributed by atoms with Crippen molar-refractivity contribution in [2.75, 3.05) is 0 Å². The van der Waals surface area contributed by atoms with E-state index < -0.39 is 0 Å². The van der Waals surface area contributed by atoms with E-state index in [1.807, 2.05) is 26.0 Å². The van der Waals surface area contributed by atoms with E-state index in [0.29, 0.717) is 0 Å². The summed E-state index contributed by atoms with van der Waals surface area (Å²) in [6, 6.07) is 3.79. The number of halogens is 1. The largest absolute Gasteiger partial charge is 0.206 e. The van der Waals surface area contributed by atoms with Gasteiger partial charge < -0.3 is 0 Å². The number of rotatable bonds is 1. The number of hydrogen-bond acceptors (Lipinski definition) is 0. The molecule has 0 atom stereocenters. The maximum atomic E-state index is 13.3. The fraction of sp³-hybridized carbons (Fsp3) is 0.400. The van der Waals surface area contributed by atoms with Gasteiger partial charge in [0.1, 0.15) is 5.82 Å². The van der Waals surface area contributed by atoms with Crippen LogP contribution < -0.4 is 0 Å². The standard InChI is InChI=1S/C10H13F/c1-4-9-7(2)5-6-8(3)10(9)11/h5-6H,4H2,1-3H3. The number of benzene rings is 1. The zero-order chi connectivity index (χ0) is 8.43. The second kappa shape index (κ2) is 3.04. The predicted octanol–water partition coefficient (Wildman–Crippen LogP) is 3.00. The van der Waals surface area contributed by atoms with Gasteiger partial charge in [0.2, 0.25) is 0 Å². The van der Waals surface area contributed by atoms with Crippen LogP contribution in [0.5, 0.6) is 0 Å². The molecule has 1 aromatic rings. The summed E-state index contributed by atoms with van der Waals surface area (Å²) in [5, 5.41) is 0. The Hall–Kier alpha value is -0.850. The Bertz CT molecular complexity index is 264. The van der Waals surface area contributed by atoms with Crippen LogP contribution in [0.4, 0.5) is 4.39 Å². The van der Waals surface area contributed by atoms with Crippen molar-refractivity contribution in [3.8, 4) is 0 Å². The molecule has 1 aromatic carbocycles. The van der Waals surface area contributed by atoms with Crippen LogP contribution >= 0.6 is 0 Å². The van der Waals surface area contributed by atoms with Crippen molar-refractivity contribution in [1.29, 1.82) is 0 Å². The van der Waals surface area contributed by atoms with Crippen LogP contribution in [-0.4, -0.2) is 0 Å². The maximum absolute atomic E-state index is 13.3. The van der Waals surface area contributed by atoms with E-state index in [4.69, 9.17) is 0 Å². The van der Waals surface area contributed by atoms with E-state index in [1.165, 1.54) is 0 Å².